The van der Waals surface area contributed by atoms with Crippen molar-refractivity contribution >= 4 is 15.9 Å². The van der Waals surface area contributed by atoms with Crippen molar-refractivity contribution in [3.05, 3.63) is 59.7 Å². The smallest absolute Gasteiger partial charge is 0.272 e. The fourth-order valence-electron chi connectivity index (χ4n) is 1.68. The van der Waals surface area contributed by atoms with Crippen molar-refractivity contribution in [3.8, 4) is 11.8 Å². The minimum Gasteiger partial charge on any atom is -0.484 e. The van der Waals surface area contributed by atoms with Gasteiger partial charge in [-0.25, -0.2) is 17.2 Å². The molecule has 0 spiro atoms. The first-order valence-corrected chi connectivity index (χ1v) is 8.19. The molecule has 0 aliphatic carbocycles. The van der Waals surface area contributed by atoms with Crippen molar-refractivity contribution in [2.75, 3.05) is 6.61 Å². The van der Waals surface area contributed by atoms with E-state index in [-0.39, 0.29) is 0 Å². The molecular weight excluding hydrogens is 356 g/mol. The number of hydrogen-bond acceptors (Lipinski definition) is 5. The molecule has 10 heteroatoms. The van der Waals surface area contributed by atoms with E-state index in [0.29, 0.717) is 17.4 Å². The molecule has 0 aliphatic heterocycles. The summed E-state index contributed by atoms with van der Waals surface area (Å²) < 4.78 is 55.1. The number of ether oxygens (including phenoxy) is 1. The normalized spacial score (nSPS) is 10.8. The maximum atomic E-state index is 13.5. The Kier molecular flexibility index (Phi) is 5.63. The number of rotatable bonds is 6. The average molecular weight is 367 g/mol. The maximum absolute atomic E-state index is 13.5. The molecule has 0 heterocycles. The van der Waals surface area contributed by atoms with Gasteiger partial charge in [-0.1, -0.05) is 0 Å². The molecule has 7 nitrogen and oxygen atoms in total. The molecule has 0 radical (unpaired) electrons. The van der Waals surface area contributed by atoms with Gasteiger partial charge in [-0.2, -0.15) is 5.26 Å². The molecular formula is C15H11F2N3O4S. The summed E-state index contributed by atoms with van der Waals surface area (Å²) in [6.45, 7) is -0.527. The van der Waals surface area contributed by atoms with E-state index in [0.717, 1.165) is 12.1 Å². The van der Waals surface area contributed by atoms with Crippen LogP contribution < -0.4 is 15.0 Å². The van der Waals surface area contributed by atoms with Gasteiger partial charge in [0.2, 0.25) is 0 Å². The third-order valence-electron chi connectivity index (χ3n) is 2.86. The summed E-state index contributed by atoms with van der Waals surface area (Å²) in [7, 11) is -4.41. The Balaban J connectivity index is 1.91. The topological polar surface area (TPSA) is 108 Å². The molecule has 0 unspecified atom stereocenters. The van der Waals surface area contributed by atoms with Crippen molar-refractivity contribution in [2.45, 2.75) is 4.90 Å². The number of carbonyl (C=O) groups excluding carboxylic acids is 1. The molecule has 0 aliphatic rings. The lowest BCUT2D eigenvalue weighted by Crippen LogP contribution is -2.43. The highest BCUT2D eigenvalue weighted by Gasteiger charge is 2.20. The molecule has 0 saturated heterocycles. The second-order valence-corrected chi connectivity index (χ2v) is 6.30. The Labute approximate surface area is 141 Å². The lowest BCUT2D eigenvalue weighted by molar-refractivity contribution is -0.123. The van der Waals surface area contributed by atoms with E-state index in [2.05, 4.69) is 0 Å². The van der Waals surface area contributed by atoms with Crippen LogP contribution in [0.4, 0.5) is 8.78 Å². The maximum Gasteiger partial charge on any atom is 0.272 e. The van der Waals surface area contributed by atoms with Gasteiger partial charge < -0.3 is 4.74 Å². The van der Waals surface area contributed by atoms with Gasteiger partial charge in [0.25, 0.3) is 15.9 Å². The summed E-state index contributed by atoms with van der Waals surface area (Å²) in [5, 5.41) is 8.65. The van der Waals surface area contributed by atoms with Gasteiger partial charge in [-0.15, -0.1) is 4.83 Å². The molecule has 2 rings (SSSR count). The first-order chi connectivity index (χ1) is 11.8. The van der Waals surface area contributed by atoms with E-state index in [1.165, 1.54) is 24.3 Å². The zero-order valence-electron chi connectivity index (χ0n) is 12.5. The van der Waals surface area contributed by atoms with E-state index < -0.39 is 39.1 Å². The predicted octanol–water partition coefficient (Wildman–Crippen LogP) is 1.22. The van der Waals surface area contributed by atoms with Crippen LogP contribution in [0.5, 0.6) is 5.75 Å². The number of hydrogen-bond donors (Lipinski definition) is 2. The number of hydrazine groups is 1. The van der Waals surface area contributed by atoms with Gasteiger partial charge >= 0.3 is 0 Å². The number of nitriles is 1. The molecule has 1 amide bonds. The lowest BCUT2D eigenvalue weighted by atomic mass is 10.2. The summed E-state index contributed by atoms with van der Waals surface area (Å²) in [5.41, 5.74) is 2.25. The monoisotopic (exact) mass is 367 g/mol. The third kappa shape index (κ3) is 4.97. The van der Waals surface area contributed by atoms with Crippen LogP contribution in [0.3, 0.4) is 0 Å². The molecule has 0 fully saturated rings. The zero-order valence-corrected chi connectivity index (χ0v) is 13.3. The third-order valence-corrected chi connectivity index (χ3v) is 4.14. The number of nitrogens with one attached hydrogen (secondary N) is 2. The predicted molar refractivity (Wildman–Crippen MR) is 81.5 cm³/mol. The fraction of sp³-hybridized carbons (Fsp3) is 0.0667. The summed E-state index contributed by atoms with van der Waals surface area (Å²) in [4.78, 5) is 12.4. The van der Waals surface area contributed by atoms with E-state index in [1.54, 1.807) is 4.83 Å². The van der Waals surface area contributed by atoms with Crippen LogP contribution in [0.2, 0.25) is 0 Å². The largest absolute Gasteiger partial charge is 0.484 e. The SMILES string of the molecule is N#Cc1ccc(OCC(=O)NNS(=O)(=O)c2ccc(F)cc2F)cc1. The quantitative estimate of drug-likeness (QED) is 0.747. The van der Waals surface area contributed by atoms with Gasteiger partial charge in [0.1, 0.15) is 22.3 Å². The summed E-state index contributed by atoms with van der Waals surface area (Å²) in [6.07, 6.45) is 0. The van der Waals surface area contributed by atoms with Crippen molar-refractivity contribution in [2.24, 2.45) is 0 Å². The Morgan fingerprint density at radius 1 is 1.16 bits per heavy atom. The van der Waals surface area contributed by atoms with Gasteiger partial charge in [0.05, 0.1) is 11.6 Å². The standard InChI is InChI=1S/C15H11F2N3O4S/c16-11-3-6-14(13(17)7-11)25(22,23)20-19-15(21)9-24-12-4-1-10(8-18)2-5-12/h1-7,20H,9H2,(H,19,21). The van der Waals surface area contributed by atoms with Gasteiger partial charge in [0.15, 0.2) is 6.61 Å². The van der Waals surface area contributed by atoms with Crippen LogP contribution in [0.1, 0.15) is 5.56 Å². The minimum absolute atomic E-state index is 0.293. The average Bonchev–Trinajstić information content (AvgIpc) is 2.58. The first-order valence-electron chi connectivity index (χ1n) is 6.70. The Hall–Kier alpha value is -3.03. The van der Waals surface area contributed by atoms with Crippen LogP contribution >= 0.6 is 0 Å². The molecule has 2 aromatic rings. The van der Waals surface area contributed by atoms with Crippen molar-refractivity contribution in [3.63, 3.8) is 0 Å². The molecule has 2 N–H and O–H groups in total. The highest BCUT2D eigenvalue weighted by Crippen LogP contribution is 2.14. The van der Waals surface area contributed by atoms with Crippen molar-refractivity contribution in [1.29, 1.82) is 5.26 Å². The molecule has 0 atom stereocenters. The zero-order chi connectivity index (χ0) is 18.4. The number of amides is 1. The Bertz CT molecular complexity index is 925. The Morgan fingerprint density at radius 2 is 1.84 bits per heavy atom. The van der Waals surface area contributed by atoms with Crippen molar-refractivity contribution in [1.82, 2.24) is 10.3 Å². The van der Waals surface area contributed by atoms with E-state index >= 15 is 0 Å². The van der Waals surface area contributed by atoms with Crippen LogP contribution in [-0.2, 0) is 14.8 Å². The van der Waals surface area contributed by atoms with Gasteiger partial charge in [0, 0.05) is 6.07 Å². The summed E-state index contributed by atoms with van der Waals surface area (Å²) in [5.74, 6) is -2.79. The molecule has 2 aromatic carbocycles. The van der Waals surface area contributed by atoms with E-state index in [1.807, 2.05) is 11.5 Å². The highest BCUT2D eigenvalue weighted by molar-refractivity contribution is 7.89. The number of nitrogens with zero attached hydrogens (tertiary/aromatic N) is 1. The summed E-state index contributed by atoms with van der Waals surface area (Å²) >= 11 is 0. The van der Waals surface area contributed by atoms with Crippen LogP contribution in [-0.4, -0.2) is 20.9 Å². The highest BCUT2D eigenvalue weighted by atomic mass is 32.2. The van der Waals surface area contributed by atoms with Crippen molar-refractivity contribution < 1.29 is 26.7 Å². The number of benzene rings is 2. The number of sulfonamides is 1. The second-order valence-electron chi connectivity index (χ2n) is 4.65. The second kappa shape index (κ2) is 7.69. The lowest BCUT2D eigenvalue weighted by Gasteiger charge is -2.10. The minimum atomic E-state index is -4.41. The molecule has 0 bridgehead atoms. The van der Waals surface area contributed by atoms with Crippen LogP contribution in [0.25, 0.3) is 0 Å². The molecule has 0 aromatic heterocycles. The molecule has 25 heavy (non-hydrogen) atoms. The van der Waals surface area contributed by atoms with E-state index in [9.17, 15) is 22.0 Å². The van der Waals surface area contributed by atoms with Crippen LogP contribution in [0.15, 0.2) is 47.4 Å². The van der Waals surface area contributed by atoms with Crippen LogP contribution in [0, 0.1) is 23.0 Å². The Morgan fingerprint density at radius 3 is 2.44 bits per heavy atom. The van der Waals surface area contributed by atoms with Gasteiger partial charge in [-0.05, 0) is 36.4 Å². The molecule has 130 valence electrons. The fourth-order valence-corrected chi connectivity index (χ4v) is 2.60. The van der Waals surface area contributed by atoms with E-state index in [4.69, 9.17) is 10.00 Å². The number of carbonyl (C=O) groups is 1. The molecule has 0 saturated carbocycles. The first kappa shape index (κ1) is 18.3. The van der Waals surface area contributed by atoms with Gasteiger partial charge in [-0.3, -0.25) is 10.2 Å². The number of halogens is 2. The summed E-state index contributed by atoms with van der Waals surface area (Å²) in [6, 6.07) is 9.70.